The summed E-state index contributed by atoms with van der Waals surface area (Å²) in [7, 11) is 0. The number of nitrogens with zero attached hydrogens (tertiary/aromatic N) is 1. The fraction of sp³-hybridized carbons (Fsp3) is 0.267. The van der Waals surface area contributed by atoms with E-state index in [-0.39, 0.29) is 5.91 Å². The van der Waals surface area contributed by atoms with Crippen molar-refractivity contribution in [3.05, 3.63) is 44.6 Å². The van der Waals surface area contributed by atoms with Crippen LogP contribution in [0.25, 0.3) is 0 Å². The Balaban J connectivity index is 2.10. The number of hydrogen-bond acceptors (Lipinski definition) is 3. The maximum atomic E-state index is 12.1. The van der Waals surface area contributed by atoms with E-state index in [0.29, 0.717) is 14.2 Å². The number of amides is 1. The van der Waals surface area contributed by atoms with Crippen LogP contribution < -0.4 is 10.2 Å². The molecule has 0 radical (unpaired) electrons. The van der Waals surface area contributed by atoms with Gasteiger partial charge in [0.05, 0.1) is 9.90 Å². The summed E-state index contributed by atoms with van der Waals surface area (Å²) in [6.45, 7) is 6.12. The highest BCUT2D eigenvalue weighted by atomic mass is 35.5. The first-order valence-electron chi connectivity index (χ1n) is 6.66. The highest BCUT2D eigenvalue weighted by molar-refractivity contribution is 7.20. The third-order valence-corrected chi connectivity index (χ3v) is 4.64. The monoisotopic (exact) mass is 342 g/mol. The van der Waals surface area contributed by atoms with Crippen molar-refractivity contribution in [3.8, 4) is 0 Å². The smallest absolute Gasteiger partial charge is 0.258 e. The molecule has 21 heavy (non-hydrogen) atoms. The SMILES string of the molecule is CCN(CC)c1ccc(NC(=O)c2cc(Cl)sc2Cl)cc1. The van der Waals surface area contributed by atoms with E-state index < -0.39 is 0 Å². The average Bonchev–Trinajstić information content (AvgIpc) is 2.81. The van der Waals surface area contributed by atoms with Gasteiger partial charge in [0.1, 0.15) is 4.34 Å². The predicted molar refractivity (Wildman–Crippen MR) is 92.3 cm³/mol. The molecule has 0 spiro atoms. The molecule has 3 nitrogen and oxygen atoms in total. The minimum absolute atomic E-state index is 0.251. The number of benzene rings is 1. The Morgan fingerprint density at radius 3 is 2.29 bits per heavy atom. The normalized spacial score (nSPS) is 10.5. The summed E-state index contributed by atoms with van der Waals surface area (Å²) >= 11 is 13.0. The highest BCUT2D eigenvalue weighted by Crippen LogP contribution is 2.31. The van der Waals surface area contributed by atoms with E-state index in [0.717, 1.165) is 24.5 Å². The molecule has 0 aliphatic carbocycles. The van der Waals surface area contributed by atoms with Crippen molar-refractivity contribution in [3.63, 3.8) is 0 Å². The zero-order chi connectivity index (χ0) is 15.4. The second-order valence-electron chi connectivity index (χ2n) is 4.41. The summed E-state index contributed by atoms with van der Waals surface area (Å²) in [5.41, 5.74) is 2.27. The topological polar surface area (TPSA) is 32.3 Å². The molecule has 1 heterocycles. The molecule has 1 amide bonds. The number of rotatable bonds is 5. The van der Waals surface area contributed by atoms with E-state index in [9.17, 15) is 4.79 Å². The lowest BCUT2D eigenvalue weighted by Gasteiger charge is -2.21. The molecule has 0 aliphatic heterocycles. The quantitative estimate of drug-likeness (QED) is 0.814. The van der Waals surface area contributed by atoms with E-state index in [1.54, 1.807) is 6.07 Å². The third kappa shape index (κ3) is 3.90. The van der Waals surface area contributed by atoms with Crippen LogP contribution >= 0.6 is 34.5 Å². The number of hydrogen-bond donors (Lipinski definition) is 1. The van der Waals surface area contributed by atoms with Crippen molar-refractivity contribution in [1.82, 2.24) is 0 Å². The van der Waals surface area contributed by atoms with Crippen LogP contribution in [0.2, 0.25) is 8.67 Å². The Hall–Kier alpha value is -1.23. The first-order chi connectivity index (χ1) is 10.0. The molecule has 0 atom stereocenters. The summed E-state index contributed by atoms with van der Waals surface area (Å²) < 4.78 is 0.902. The van der Waals surface area contributed by atoms with Crippen LogP contribution in [0.1, 0.15) is 24.2 Å². The van der Waals surface area contributed by atoms with E-state index in [2.05, 4.69) is 24.1 Å². The van der Waals surface area contributed by atoms with E-state index in [1.807, 2.05) is 24.3 Å². The van der Waals surface area contributed by atoms with Crippen LogP contribution in [-0.4, -0.2) is 19.0 Å². The van der Waals surface area contributed by atoms with Gasteiger partial charge in [-0.3, -0.25) is 4.79 Å². The third-order valence-electron chi connectivity index (χ3n) is 3.16. The lowest BCUT2D eigenvalue weighted by atomic mass is 10.2. The van der Waals surface area contributed by atoms with Gasteiger partial charge < -0.3 is 10.2 Å². The van der Waals surface area contributed by atoms with E-state index >= 15 is 0 Å². The number of carbonyl (C=O) groups excluding carboxylic acids is 1. The van der Waals surface area contributed by atoms with Gasteiger partial charge in [0.2, 0.25) is 0 Å². The summed E-state index contributed by atoms with van der Waals surface area (Å²) in [6.07, 6.45) is 0. The van der Waals surface area contributed by atoms with E-state index in [4.69, 9.17) is 23.2 Å². The molecule has 1 aromatic carbocycles. The summed E-state index contributed by atoms with van der Waals surface area (Å²) in [5.74, 6) is -0.251. The number of halogens is 2. The molecule has 1 aromatic heterocycles. The molecule has 112 valence electrons. The molecule has 6 heteroatoms. The maximum Gasteiger partial charge on any atom is 0.258 e. The molecule has 1 N–H and O–H groups in total. The van der Waals surface area contributed by atoms with Crippen molar-refractivity contribution >= 4 is 51.8 Å². The molecule has 0 unspecified atom stereocenters. The van der Waals surface area contributed by atoms with Crippen LogP contribution in [0.4, 0.5) is 11.4 Å². The molecule has 0 aliphatic rings. The first-order valence-corrected chi connectivity index (χ1v) is 8.23. The Bertz CT molecular complexity index is 621. The zero-order valence-electron chi connectivity index (χ0n) is 11.8. The van der Waals surface area contributed by atoms with Crippen LogP contribution in [0, 0.1) is 0 Å². The summed E-state index contributed by atoms with van der Waals surface area (Å²) in [4.78, 5) is 14.4. The van der Waals surface area contributed by atoms with Crippen LogP contribution in [0.5, 0.6) is 0 Å². The second kappa shape index (κ2) is 7.16. The number of thiophene rings is 1. The average molecular weight is 343 g/mol. The Kier molecular flexibility index (Phi) is 5.51. The van der Waals surface area contributed by atoms with Gasteiger partial charge in [0.15, 0.2) is 0 Å². The standard InChI is InChI=1S/C15H16Cl2N2OS/c1-3-19(4-2)11-7-5-10(6-8-11)18-15(20)12-9-13(16)21-14(12)17/h5-9H,3-4H2,1-2H3,(H,18,20). The summed E-state index contributed by atoms with van der Waals surface area (Å²) in [5, 5.41) is 2.82. The Morgan fingerprint density at radius 2 is 1.81 bits per heavy atom. The van der Waals surface area contributed by atoms with Gasteiger partial charge in [-0.15, -0.1) is 11.3 Å². The molecule has 0 fully saturated rings. The van der Waals surface area contributed by atoms with Gasteiger partial charge in [-0.1, -0.05) is 23.2 Å². The van der Waals surface area contributed by atoms with Gasteiger partial charge in [-0.25, -0.2) is 0 Å². The highest BCUT2D eigenvalue weighted by Gasteiger charge is 2.14. The molecule has 2 aromatic rings. The largest absolute Gasteiger partial charge is 0.372 e. The van der Waals surface area contributed by atoms with Crippen LogP contribution in [0.3, 0.4) is 0 Å². The van der Waals surface area contributed by atoms with Crippen LogP contribution in [-0.2, 0) is 0 Å². The minimum atomic E-state index is -0.251. The van der Waals surface area contributed by atoms with Crippen molar-refractivity contribution in [2.75, 3.05) is 23.3 Å². The Labute approximate surface area is 138 Å². The van der Waals surface area contributed by atoms with Gasteiger partial charge in [0, 0.05) is 24.5 Å². The minimum Gasteiger partial charge on any atom is -0.372 e. The molecule has 0 bridgehead atoms. The van der Waals surface area contributed by atoms with E-state index in [1.165, 1.54) is 11.3 Å². The predicted octanol–water partition coefficient (Wildman–Crippen LogP) is 5.15. The van der Waals surface area contributed by atoms with Crippen molar-refractivity contribution in [2.45, 2.75) is 13.8 Å². The lowest BCUT2D eigenvalue weighted by Crippen LogP contribution is -2.21. The maximum absolute atomic E-state index is 12.1. The van der Waals surface area contributed by atoms with Crippen molar-refractivity contribution < 1.29 is 4.79 Å². The molecular formula is C15H16Cl2N2OS. The first kappa shape index (κ1) is 16.1. The molecule has 0 saturated carbocycles. The second-order valence-corrected chi connectivity index (χ2v) is 6.70. The van der Waals surface area contributed by atoms with Crippen molar-refractivity contribution in [2.24, 2.45) is 0 Å². The number of anilines is 2. The van der Waals surface area contributed by atoms with Gasteiger partial charge in [0.25, 0.3) is 5.91 Å². The molecule has 0 saturated heterocycles. The van der Waals surface area contributed by atoms with Gasteiger partial charge in [-0.05, 0) is 44.2 Å². The zero-order valence-corrected chi connectivity index (χ0v) is 14.1. The van der Waals surface area contributed by atoms with Crippen LogP contribution in [0.15, 0.2) is 30.3 Å². The number of carbonyl (C=O) groups is 1. The van der Waals surface area contributed by atoms with Gasteiger partial charge >= 0.3 is 0 Å². The fourth-order valence-corrected chi connectivity index (χ4v) is 3.50. The summed E-state index contributed by atoms with van der Waals surface area (Å²) in [6, 6.07) is 9.32. The van der Waals surface area contributed by atoms with Gasteiger partial charge in [-0.2, -0.15) is 0 Å². The Morgan fingerprint density at radius 1 is 1.19 bits per heavy atom. The molecular weight excluding hydrogens is 327 g/mol. The molecule has 2 rings (SSSR count). The van der Waals surface area contributed by atoms with Crippen molar-refractivity contribution in [1.29, 1.82) is 0 Å². The number of nitrogens with one attached hydrogen (secondary N) is 1. The fourth-order valence-electron chi connectivity index (χ4n) is 2.04. The lowest BCUT2D eigenvalue weighted by molar-refractivity contribution is 0.102.